The molecule has 0 saturated heterocycles. The van der Waals surface area contributed by atoms with E-state index in [0.717, 1.165) is 16.6 Å². The molecule has 136 valence electrons. The van der Waals surface area contributed by atoms with Crippen LogP contribution in [0.25, 0.3) is 11.0 Å². The molecule has 8 heteroatoms. The first-order valence-corrected chi connectivity index (χ1v) is 9.12. The van der Waals surface area contributed by atoms with Crippen molar-refractivity contribution in [3.8, 4) is 0 Å². The maximum atomic E-state index is 12.7. The largest absolute Gasteiger partial charge is 0.465 e. The molecule has 0 aliphatic carbocycles. The minimum atomic E-state index is -0.428. The van der Waals surface area contributed by atoms with Crippen molar-refractivity contribution in [1.29, 1.82) is 0 Å². The fourth-order valence-corrected chi connectivity index (χ4v) is 3.62. The lowest BCUT2D eigenvalue weighted by Crippen LogP contribution is -2.37. The summed E-state index contributed by atoms with van der Waals surface area (Å²) in [5.41, 5.74) is 0.394. The quantitative estimate of drug-likeness (QED) is 0.570. The average Bonchev–Trinajstić information content (AvgIpc) is 2.56. The second kappa shape index (κ2) is 7.86. The van der Waals surface area contributed by atoms with Crippen molar-refractivity contribution in [3.63, 3.8) is 0 Å². The third kappa shape index (κ3) is 3.95. The second-order valence-electron chi connectivity index (χ2n) is 6.21. The van der Waals surface area contributed by atoms with Gasteiger partial charge in [-0.05, 0) is 24.8 Å². The van der Waals surface area contributed by atoms with Crippen molar-refractivity contribution in [2.75, 3.05) is 12.4 Å². The van der Waals surface area contributed by atoms with E-state index in [1.165, 1.54) is 23.4 Å². The molecule has 2 aromatic rings. The van der Waals surface area contributed by atoms with E-state index in [-0.39, 0.29) is 11.7 Å². The van der Waals surface area contributed by atoms with Gasteiger partial charge in [-0.1, -0.05) is 13.8 Å². The maximum Gasteiger partial charge on any atom is 0.332 e. The molecular formula is C17H23N3O4S. The van der Waals surface area contributed by atoms with Crippen LogP contribution < -0.4 is 11.2 Å². The summed E-state index contributed by atoms with van der Waals surface area (Å²) in [4.78, 5) is 41.6. The minimum Gasteiger partial charge on any atom is -0.465 e. The van der Waals surface area contributed by atoms with Gasteiger partial charge in [0.25, 0.3) is 5.56 Å². The van der Waals surface area contributed by atoms with Crippen LogP contribution in [0.15, 0.2) is 20.7 Å². The van der Waals surface area contributed by atoms with E-state index in [1.54, 1.807) is 20.2 Å². The number of aromatic nitrogens is 3. The fourth-order valence-electron chi connectivity index (χ4n) is 2.63. The Labute approximate surface area is 150 Å². The number of carbonyl (C=O) groups is 1. The van der Waals surface area contributed by atoms with Gasteiger partial charge in [-0.15, -0.1) is 11.8 Å². The van der Waals surface area contributed by atoms with Crippen molar-refractivity contribution < 1.29 is 9.53 Å². The predicted octanol–water partition coefficient (Wildman–Crippen LogP) is 1.49. The van der Waals surface area contributed by atoms with Crippen LogP contribution in [0.1, 0.15) is 26.3 Å². The Morgan fingerprint density at radius 2 is 1.96 bits per heavy atom. The molecule has 0 unspecified atom stereocenters. The molecule has 7 nitrogen and oxygen atoms in total. The van der Waals surface area contributed by atoms with Crippen LogP contribution >= 0.6 is 11.8 Å². The van der Waals surface area contributed by atoms with E-state index in [9.17, 15) is 14.4 Å². The molecule has 0 aromatic carbocycles. The summed E-state index contributed by atoms with van der Waals surface area (Å²) in [5, 5.41) is 0.372. The third-order valence-corrected chi connectivity index (χ3v) is 4.90. The van der Waals surface area contributed by atoms with Crippen molar-refractivity contribution in [3.05, 3.63) is 32.6 Å². The van der Waals surface area contributed by atoms with Crippen LogP contribution in [-0.4, -0.2) is 32.4 Å². The molecule has 0 fully saturated rings. The number of esters is 1. The molecule has 0 atom stereocenters. The normalized spacial score (nSPS) is 11.3. The van der Waals surface area contributed by atoms with E-state index >= 15 is 0 Å². The first kappa shape index (κ1) is 19.2. The number of hydrogen-bond acceptors (Lipinski definition) is 6. The number of ether oxygens (including phenoxy) is 1. The van der Waals surface area contributed by atoms with E-state index in [2.05, 4.69) is 18.8 Å². The second-order valence-corrected chi connectivity index (χ2v) is 7.19. The highest BCUT2D eigenvalue weighted by Crippen LogP contribution is 2.29. The number of carbonyl (C=O) groups excluding carboxylic acids is 1. The van der Waals surface area contributed by atoms with E-state index in [4.69, 9.17) is 4.74 Å². The minimum absolute atomic E-state index is 0.101. The molecule has 0 saturated carbocycles. The van der Waals surface area contributed by atoms with Crippen molar-refractivity contribution in [2.45, 2.75) is 32.1 Å². The zero-order valence-electron chi connectivity index (χ0n) is 15.2. The van der Waals surface area contributed by atoms with Gasteiger partial charge < -0.3 is 4.74 Å². The van der Waals surface area contributed by atoms with Gasteiger partial charge in [-0.2, -0.15) is 0 Å². The molecule has 2 rings (SSSR count). The van der Waals surface area contributed by atoms with E-state index < -0.39 is 11.2 Å². The molecule has 0 amide bonds. The van der Waals surface area contributed by atoms with Gasteiger partial charge in [0.2, 0.25) is 0 Å². The van der Waals surface area contributed by atoms with Crippen LogP contribution in [0.4, 0.5) is 0 Å². The van der Waals surface area contributed by atoms with Gasteiger partial charge in [0.15, 0.2) is 0 Å². The highest BCUT2D eigenvalue weighted by Gasteiger charge is 2.19. The van der Waals surface area contributed by atoms with E-state index in [0.29, 0.717) is 28.5 Å². The summed E-state index contributed by atoms with van der Waals surface area (Å²) < 4.78 is 7.40. The number of pyridine rings is 1. The molecule has 0 aliphatic rings. The lowest BCUT2D eigenvalue weighted by atomic mass is 10.0. The van der Waals surface area contributed by atoms with Gasteiger partial charge in [0.1, 0.15) is 5.65 Å². The topological polar surface area (TPSA) is 83.2 Å². The van der Waals surface area contributed by atoms with E-state index in [1.807, 2.05) is 0 Å². The molecule has 0 aliphatic heterocycles. The maximum absolute atomic E-state index is 12.7. The number of rotatable bonds is 6. The summed E-state index contributed by atoms with van der Waals surface area (Å²) in [6.45, 7) is 6.21. The van der Waals surface area contributed by atoms with Crippen LogP contribution in [0.5, 0.6) is 0 Å². The van der Waals surface area contributed by atoms with Crippen LogP contribution in [0, 0.1) is 5.92 Å². The highest BCUT2D eigenvalue weighted by molar-refractivity contribution is 8.00. The van der Waals surface area contributed by atoms with Crippen LogP contribution in [-0.2, 0) is 30.0 Å². The molecule has 2 heterocycles. The highest BCUT2D eigenvalue weighted by atomic mass is 32.2. The van der Waals surface area contributed by atoms with Gasteiger partial charge in [-0.25, -0.2) is 9.78 Å². The summed E-state index contributed by atoms with van der Waals surface area (Å²) in [6, 6.07) is 0. The van der Waals surface area contributed by atoms with Crippen LogP contribution in [0.3, 0.4) is 0 Å². The van der Waals surface area contributed by atoms with Crippen molar-refractivity contribution in [1.82, 2.24) is 14.1 Å². The predicted molar refractivity (Wildman–Crippen MR) is 98.1 cm³/mol. The Morgan fingerprint density at radius 3 is 2.56 bits per heavy atom. The zero-order chi connectivity index (χ0) is 18.7. The molecular weight excluding hydrogens is 342 g/mol. The van der Waals surface area contributed by atoms with Crippen LogP contribution in [0.2, 0.25) is 0 Å². The number of thioether (sulfide) groups is 1. The fraction of sp³-hybridized carbons (Fsp3) is 0.529. The summed E-state index contributed by atoms with van der Waals surface area (Å²) >= 11 is 1.26. The molecule has 25 heavy (non-hydrogen) atoms. The first-order chi connectivity index (χ1) is 11.8. The molecule has 0 bridgehead atoms. The van der Waals surface area contributed by atoms with Gasteiger partial charge in [0.05, 0.1) is 17.7 Å². The first-order valence-electron chi connectivity index (χ1n) is 8.13. The van der Waals surface area contributed by atoms with Crippen molar-refractivity contribution >= 4 is 28.8 Å². The zero-order valence-corrected chi connectivity index (χ0v) is 16.0. The van der Waals surface area contributed by atoms with Crippen molar-refractivity contribution in [2.24, 2.45) is 20.0 Å². The SMILES string of the molecule is CCOC(=O)CSc1c(CC(C)C)cnc2c1c(=O)n(C)c(=O)n2C. The Morgan fingerprint density at radius 1 is 1.28 bits per heavy atom. The summed E-state index contributed by atoms with van der Waals surface area (Å²) in [5.74, 6) is 0.122. The smallest absolute Gasteiger partial charge is 0.332 e. The Kier molecular flexibility index (Phi) is 6.05. The number of fused-ring (bicyclic) bond motifs is 1. The Bertz CT molecular complexity index is 915. The molecule has 0 spiro atoms. The Hall–Kier alpha value is -2.09. The lowest BCUT2D eigenvalue weighted by Gasteiger charge is -2.15. The lowest BCUT2D eigenvalue weighted by molar-refractivity contribution is -0.139. The third-order valence-electron chi connectivity index (χ3n) is 3.76. The number of aryl methyl sites for hydroxylation is 1. The van der Waals surface area contributed by atoms with Gasteiger partial charge in [0, 0.05) is 25.2 Å². The molecule has 0 radical (unpaired) electrons. The number of nitrogens with zero attached hydrogens (tertiary/aromatic N) is 3. The Balaban J connectivity index is 2.69. The number of hydrogen-bond donors (Lipinski definition) is 0. The summed E-state index contributed by atoms with van der Waals surface area (Å²) in [6.07, 6.45) is 2.41. The van der Waals surface area contributed by atoms with Gasteiger partial charge >= 0.3 is 11.7 Å². The average molecular weight is 365 g/mol. The monoisotopic (exact) mass is 365 g/mol. The molecule has 2 aromatic heterocycles. The summed E-state index contributed by atoms with van der Waals surface area (Å²) in [7, 11) is 3.03. The molecule has 0 N–H and O–H groups in total. The standard InChI is InChI=1S/C17H23N3O4S/c1-6-24-12(21)9-25-14-11(7-10(2)3)8-18-15-13(14)16(22)20(5)17(23)19(15)4/h8,10H,6-7,9H2,1-5H3. The van der Waals surface area contributed by atoms with Gasteiger partial charge in [-0.3, -0.25) is 18.7 Å².